The molecule has 0 amide bonds. The number of rotatable bonds is 8. The van der Waals surface area contributed by atoms with E-state index in [1.54, 1.807) is 12.3 Å². The molecule has 1 aromatic heterocycles. The molecular formula is C14H23N3O3S. The lowest BCUT2D eigenvalue weighted by Crippen LogP contribution is -2.27. The second kappa shape index (κ2) is 7.72. The lowest BCUT2D eigenvalue weighted by molar-refractivity contribution is 0.184. The number of pyridine rings is 1. The summed E-state index contributed by atoms with van der Waals surface area (Å²) in [6, 6.07) is 1.69. The van der Waals surface area contributed by atoms with Gasteiger partial charge in [-0.25, -0.2) is 13.1 Å². The van der Waals surface area contributed by atoms with Crippen LogP contribution >= 0.6 is 0 Å². The van der Waals surface area contributed by atoms with E-state index in [-0.39, 0.29) is 4.90 Å². The van der Waals surface area contributed by atoms with E-state index < -0.39 is 10.0 Å². The van der Waals surface area contributed by atoms with Crippen molar-refractivity contribution < 1.29 is 13.2 Å². The van der Waals surface area contributed by atoms with E-state index in [1.165, 1.54) is 6.20 Å². The summed E-state index contributed by atoms with van der Waals surface area (Å²) in [5, 5.41) is 3.12. The highest BCUT2D eigenvalue weighted by molar-refractivity contribution is 7.89. The molecule has 0 radical (unpaired) electrons. The summed E-state index contributed by atoms with van der Waals surface area (Å²) < 4.78 is 32.7. The minimum absolute atomic E-state index is 0.209. The second-order valence-electron chi connectivity index (χ2n) is 5.21. The Bertz CT molecular complexity index is 542. The van der Waals surface area contributed by atoms with Crippen molar-refractivity contribution in [1.82, 2.24) is 9.71 Å². The Hall–Kier alpha value is -1.18. The molecule has 1 aromatic rings. The smallest absolute Gasteiger partial charge is 0.244 e. The molecule has 1 saturated heterocycles. The number of ether oxygens (including phenoxy) is 1. The fourth-order valence-corrected chi connectivity index (χ4v) is 3.46. The molecule has 2 heterocycles. The van der Waals surface area contributed by atoms with Crippen molar-refractivity contribution in [3.63, 3.8) is 0 Å². The predicted molar refractivity (Wildman–Crippen MR) is 81.7 cm³/mol. The topological polar surface area (TPSA) is 80.3 Å². The maximum Gasteiger partial charge on any atom is 0.244 e. The van der Waals surface area contributed by atoms with Crippen LogP contribution in [-0.2, 0) is 14.8 Å². The van der Waals surface area contributed by atoms with Gasteiger partial charge >= 0.3 is 0 Å². The van der Waals surface area contributed by atoms with Crippen molar-refractivity contribution >= 4 is 15.7 Å². The molecule has 7 heteroatoms. The van der Waals surface area contributed by atoms with Crippen molar-refractivity contribution in [1.29, 1.82) is 0 Å². The van der Waals surface area contributed by atoms with Gasteiger partial charge in [0.15, 0.2) is 0 Å². The van der Waals surface area contributed by atoms with Crippen LogP contribution in [0.5, 0.6) is 0 Å². The molecule has 0 aromatic carbocycles. The Labute approximate surface area is 126 Å². The third kappa shape index (κ3) is 4.66. The van der Waals surface area contributed by atoms with Crippen molar-refractivity contribution in [3.8, 4) is 0 Å². The van der Waals surface area contributed by atoms with Crippen LogP contribution in [0.1, 0.15) is 26.2 Å². The summed E-state index contributed by atoms with van der Waals surface area (Å²) in [6.45, 7) is 4.71. The molecule has 0 saturated carbocycles. The van der Waals surface area contributed by atoms with Gasteiger partial charge < -0.3 is 10.1 Å². The van der Waals surface area contributed by atoms with E-state index in [1.807, 2.05) is 6.92 Å². The van der Waals surface area contributed by atoms with Crippen molar-refractivity contribution in [2.45, 2.75) is 31.1 Å². The summed E-state index contributed by atoms with van der Waals surface area (Å²) >= 11 is 0. The van der Waals surface area contributed by atoms with E-state index in [0.717, 1.165) is 39.0 Å². The molecule has 1 unspecified atom stereocenters. The summed E-state index contributed by atoms with van der Waals surface area (Å²) in [5.74, 6) is 0.458. The molecule has 1 atom stereocenters. The summed E-state index contributed by atoms with van der Waals surface area (Å²) in [6.07, 6.45) is 5.72. The Kier molecular flexibility index (Phi) is 5.96. The van der Waals surface area contributed by atoms with Gasteiger partial charge in [-0.2, -0.15) is 0 Å². The number of aromatic nitrogens is 1. The van der Waals surface area contributed by atoms with Crippen LogP contribution in [0.25, 0.3) is 0 Å². The number of hydrogen-bond donors (Lipinski definition) is 2. The summed E-state index contributed by atoms with van der Waals surface area (Å²) in [5.41, 5.74) is 0.601. The first-order chi connectivity index (χ1) is 10.1. The molecule has 6 nitrogen and oxygen atoms in total. The van der Waals surface area contributed by atoms with Crippen LogP contribution in [-0.4, -0.2) is 39.7 Å². The van der Waals surface area contributed by atoms with E-state index in [2.05, 4.69) is 15.0 Å². The molecule has 1 fully saturated rings. The van der Waals surface area contributed by atoms with E-state index in [4.69, 9.17) is 4.74 Å². The molecule has 0 bridgehead atoms. The van der Waals surface area contributed by atoms with Gasteiger partial charge in [-0.05, 0) is 31.2 Å². The van der Waals surface area contributed by atoms with Gasteiger partial charge in [0.25, 0.3) is 0 Å². The quantitative estimate of drug-likeness (QED) is 0.762. The monoisotopic (exact) mass is 313 g/mol. The lowest BCUT2D eigenvalue weighted by Gasteiger charge is -2.13. The summed E-state index contributed by atoms with van der Waals surface area (Å²) in [4.78, 5) is 4.14. The first-order valence-corrected chi connectivity index (χ1v) is 8.87. The number of hydrogen-bond acceptors (Lipinski definition) is 5. The largest absolute Gasteiger partial charge is 0.384 e. The van der Waals surface area contributed by atoms with Crippen LogP contribution in [0.3, 0.4) is 0 Å². The Morgan fingerprint density at radius 3 is 3.00 bits per heavy atom. The van der Waals surface area contributed by atoms with E-state index >= 15 is 0 Å². The molecule has 21 heavy (non-hydrogen) atoms. The van der Waals surface area contributed by atoms with E-state index in [9.17, 15) is 8.42 Å². The maximum atomic E-state index is 12.4. The normalized spacial score (nSPS) is 18.8. The third-order valence-corrected chi connectivity index (χ3v) is 5.00. The van der Waals surface area contributed by atoms with Gasteiger partial charge in [0, 0.05) is 38.7 Å². The highest BCUT2D eigenvalue weighted by Gasteiger charge is 2.20. The fourth-order valence-electron chi connectivity index (χ4n) is 2.29. The number of nitrogens with one attached hydrogen (secondary N) is 2. The molecule has 0 aliphatic carbocycles. The van der Waals surface area contributed by atoms with Gasteiger partial charge in [0.1, 0.15) is 4.90 Å². The van der Waals surface area contributed by atoms with Gasteiger partial charge in [-0.15, -0.1) is 0 Å². The number of nitrogens with zero attached hydrogens (tertiary/aromatic N) is 1. The standard InChI is InChI=1S/C14H23N3O3S/c1-2-6-16-13-4-7-15-10-14(13)21(18,19)17-8-3-12-5-9-20-11-12/h4,7,10,12,17H,2-3,5-6,8-9,11H2,1H3,(H,15,16). The molecule has 1 aliphatic rings. The van der Waals surface area contributed by atoms with Crippen LogP contribution in [0.4, 0.5) is 5.69 Å². The van der Waals surface area contributed by atoms with Crippen LogP contribution in [0.2, 0.25) is 0 Å². The third-order valence-electron chi connectivity index (χ3n) is 3.51. The summed E-state index contributed by atoms with van der Waals surface area (Å²) in [7, 11) is -3.53. The minimum Gasteiger partial charge on any atom is -0.384 e. The van der Waals surface area contributed by atoms with Gasteiger partial charge in [0.05, 0.1) is 5.69 Å². The van der Waals surface area contributed by atoms with Crippen molar-refractivity contribution in [2.75, 3.05) is 31.6 Å². The van der Waals surface area contributed by atoms with Crippen molar-refractivity contribution in [3.05, 3.63) is 18.5 Å². The molecular weight excluding hydrogens is 290 g/mol. The minimum atomic E-state index is -3.53. The predicted octanol–water partition coefficient (Wildman–Crippen LogP) is 1.61. The molecule has 2 rings (SSSR count). The van der Waals surface area contributed by atoms with Crippen molar-refractivity contribution in [2.24, 2.45) is 5.92 Å². The lowest BCUT2D eigenvalue weighted by atomic mass is 10.1. The zero-order valence-corrected chi connectivity index (χ0v) is 13.2. The fraction of sp³-hybridized carbons (Fsp3) is 0.643. The Morgan fingerprint density at radius 1 is 1.43 bits per heavy atom. The Balaban J connectivity index is 1.97. The molecule has 2 N–H and O–H groups in total. The highest BCUT2D eigenvalue weighted by Crippen LogP contribution is 2.20. The van der Waals surface area contributed by atoms with Crippen LogP contribution in [0.15, 0.2) is 23.4 Å². The van der Waals surface area contributed by atoms with Crippen LogP contribution < -0.4 is 10.0 Å². The average molecular weight is 313 g/mol. The maximum absolute atomic E-state index is 12.4. The first kappa shape index (κ1) is 16.2. The second-order valence-corrected chi connectivity index (χ2v) is 6.95. The number of anilines is 1. The molecule has 1 aliphatic heterocycles. The number of sulfonamides is 1. The van der Waals surface area contributed by atoms with Gasteiger partial charge in [-0.1, -0.05) is 6.92 Å². The van der Waals surface area contributed by atoms with Gasteiger partial charge in [0.2, 0.25) is 10.0 Å². The highest BCUT2D eigenvalue weighted by atomic mass is 32.2. The average Bonchev–Trinajstić information content (AvgIpc) is 2.98. The van der Waals surface area contributed by atoms with Gasteiger partial charge in [-0.3, -0.25) is 4.98 Å². The van der Waals surface area contributed by atoms with E-state index in [0.29, 0.717) is 18.2 Å². The molecule has 118 valence electrons. The SMILES string of the molecule is CCCNc1ccncc1S(=O)(=O)NCCC1CCOC1. The first-order valence-electron chi connectivity index (χ1n) is 7.38. The van der Waals surface area contributed by atoms with Crippen LogP contribution in [0, 0.1) is 5.92 Å². The molecule has 0 spiro atoms. The zero-order chi connectivity index (χ0) is 15.1. The Morgan fingerprint density at radius 2 is 2.29 bits per heavy atom. The zero-order valence-electron chi connectivity index (χ0n) is 12.3.